The van der Waals surface area contributed by atoms with Crippen LogP contribution in [0.2, 0.25) is 0 Å². The van der Waals surface area contributed by atoms with E-state index < -0.39 is 0 Å². The van der Waals surface area contributed by atoms with Crippen LogP contribution in [0.3, 0.4) is 0 Å². The van der Waals surface area contributed by atoms with Crippen molar-refractivity contribution in [1.82, 2.24) is 9.97 Å². The molecule has 0 aliphatic carbocycles. The van der Waals surface area contributed by atoms with Crippen molar-refractivity contribution in [3.05, 3.63) is 30.7 Å². The maximum atomic E-state index is 6.78. The van der Waals surface area contributed by atoms with Crippen LogP contribution in [0, 0.1) is 5.41 Å². The summed E-state index contributed by atoms with van der Waals surface area (Å²) in [5.74, 6) is 0. The van der Waals surface area contributed by atoms with Gasteiger partial charge in [-0.15, -0.1) is 0 Å². The molecule has 0 aliphatic heterocycles. The first kappa shape index (κ1) is 13.3. The van der Waals surface area contributed by atoms with Gasteiger partial charge in [0.15, 0.2) is 5.16 Å². The Balaban J connectivity index is 2.28. The second-order valence-corrected chi connectivity index (χ2v) is 6.48. The monoisotopic (exact) mass is 270 g/mol. The topological polar surface area (TPSA) is 62.0 Å². The zero-order valence-corrected chi connectivity index (χ0v) is 11.0. The van der Waals surface area contributed by atoms with Crippen molar-refractivity contribution in [3.63, 3.8) is 0 Å². The molecule has 0 atom stereocenters. The Hall–Kier alpha value is -0.790. The smallest absolute Gasteiger partial charge is 0.199 e. The highest BCUT2D eigenvalue weighted by Crippen LogP contribution is 2.38. The molecule has 16 heavy (non-hydrogen) atoms. The average molecular weight is 270 g/mol. The molecule has 0 aliphatic rings. The van der Waals surface area contributed by atoms with Crippen LogP contribution in [0.25, 0.3) is 0 Å². The largest absolute Gasteiger partial charge is 0.309 e. The van der Waals surface area contributed by atoms with Crippen molar-refractivity contribution < 1.29 is 0 Å². The van der Waals surface area contributed by atoms with Gasteiger partial charge in [0.1, 0.15) is 0 Å². The van der Waals surface area contributed by atoms with Gasteiger partial charge < -0.3 is 5.41 Å². The van der Waals surface area contributed by atoms with Gasteiger partial charge in [0.05, 0.1) is 5.04 Å². The minimum absolute atomic E-state index is 0.739. The van der Waals surface area contributed by atoms with Gasteiger partial charge in [0, 0.05) is 24.8 Å². The maximum absolute atomic E-state index is 6.78. The van der Waals surface area contributed by atoms with E-state index in [9.17, 15) is 0 Å². The lowest BCUT2D eigenvalue weighted by Gasteiger charge is -1.97. The molecule has 0 aromatic carbocycles. The normalized spacial score (nSPS) is 11.9. The molecule has 1 aromatic rings. The van der Waals surface area contributed by atoms with Crippen molar-refractivity contribution >= 4 is 42.7 Å². The van der Waals surface area contributed by atoms with Crippen molar-refractivity contribution in [3.8, 4) is 0 Å². The van der Waals surface area contributed by atoms with Crippen LogP contribution in [0.15, 0.2) is 40.9 Å². The van der Waals surface area contributed by atoms with E-state index in [1.807, 2.05) is 6.92 Å². The third kappa shape index (κ3) is 5.94. The fourth-order valence-electron chi connectivity index (χ4n) is 0.638. The van der Waals surface area contributed by atoms with Crippen molar-refractivity contribution in [2.24, 2.45) is 4.99 Å². The van der Waals surface area contributed by atoms with Gasteiger partial charge in [-0.1, -0.05) is 0 Å². The molecule has 1 heterocycles. The molecule has 0 saturated carbocycles. The van der Waals surface area contributed by atoms with Crippen molar-refractivity contribution in [1.29, 1.82) is 5.41 Å². The summed E-state index contributed by atoms with van der Waals surface area (Å²) in [6.07, 6.45) is 7.80. The summed E-state index contributed by atoms with van der Waals surface area (Å²) in [4.78, 5) is 12.3. The highest BCUT2D eigenvalue weighted by molar-refractivity contribution is 9.12. The second kappa shape index (κ2) is 8.37. The third-order valence-electron chi connectivity index (χ3n) is 1.24. The first-order chi connectivity index (χ1) is 7.83. The van der Waals surface area contributed by atoms with E-state index in [-0.39, 0.29) is 0 Å². The van der Waals surface area contributed by atoms with E-state index in [4.69, 9.17) is 5.41 Å². The Morgan fingerprint density at radius 1 is 1.44 bits per heavy atom. The number of hydrogen-bond donors (Lipinski definition) is 1. The fraction of sp³-hybridized carbons (Fsp3) is 0.111. The molecule has 0 saturated heterocycles. The van der Waals surface area contributed by atoms with E-state index in [1.165, 1.54) is 17.0 Å². The van der Waals surface area contributed by atoms with E-state index in [2.05, 4.69) is 15.0 Å². The molecule has 1 rings (SSSR count). The molecular formula is C9H10N4S3. The molecule has 84 valence electrons. The molecule has 1 aromatic heterocycles. The van der Waals surface area contributed by atoms with Crippen molar-refractivity contribution in [2.75, 3.05) is 0 Å². The molecular weight excluding hydrogens is 260 g/mol. The third-order valence-corrected chi connectivity index (χ3v) is 4.89. The molecule has 0 unspecified atom stereocenters. The number of rotatable bonds is 5. The van der Waals surface area contributed by atoms with Crippen LogP contribution >= 0.6 is 31.4 Å². The fourth-order valence-corrected chi connectivity index (χ4v) is 3.85. The number of hydrogen-bond acceptors (Lipinski definition) is 7. The van der Waals surface area contributed by atoms with E-state index >= 15 is 0 Å². The van der Waals surface area contributed by atoms with Crippen LogP contribution in [-0.2, 0) is 0 Å². The number of nitrogens with zero attached hydrogens (tertiary/aromatic N) is 3. The molecule has 0 fully saturated rings. The van der Waals surface area contributed by atoms with Gasteiger partial charge >= 0.3 is 0 Å². The quantitative estimate of drug-likeness (QED) is 0.384. The lowest BCUT2D eigenvalue weighted by Crippen LogP contribution is -1.80. The van der Waals surface area contributed by atoms with Crippen molar-refractivity contribution in [2.45, 2.75) is 12.1 Å². The highest BCUT2D eigenvalue weighted by atomic mass is 33.5. The van der Waals surface area contributed by atoms with Gasteiger partial charge in [-0.2, -0.15) is 0 Å². The summed E-state index contributed by atoms with van der Waals surface area (Å²) in [6, 6.07) is 1.79. The van der Waals surface area contributed by atoms with Crippen LogP contribution in [0.1, 0.15) is 6.92 Å². The van der Waals surface area contributed by atoms with Gasteiger partial charge in [0.2, 0.25) is 0 Å². The standard InChI is InChI=1S/C9H10N4S3/c1-8(11-5-2-4-10)14-16-15-9-12-6-3-7-13-9/h2-7,10H,1H3/b5-2-,10-4?,11-8?. The first-order valence-electron chi connectivity index (χ1n) is 4.31. The van der Waals surface area contributed by atoms with Gasteiger partial charge in [-0.05, 0) is 50.5 Å². The minimum atomic E-state index is 0.739. The number of aromatic nitrogens is 2. The molecule has 1 N–H and O–H groups in total. The Labute approximate surface area is 106 Å². The molecule has 0 radical (unpaired) electrons. The Bertz CT molecular complexity index is 378. The summed E-state index contributed by atoms with van der Waals surface area (Å²) in [7, 11) is 4.60. The summed E-state index contributed by atoms with van der Waals surface area (Å²) >= 11 is 0. The summed E-state index contributed by atoms with van der Waals surface area (Å²) < 4.78 is 0. The molecule has 0 amide bonds. The lowest BCUT2D eigenvalue weighted by atomic mass is 10.7. The Morgan fingerprint density at radius 3 is 2.88 bits per heavy atom. The Morgan fingerprint density at radius 2 is 2.19 bits per heavy atom. The zero-order valence-electron chi connectivity index (χ0n) is 8.53. The average Bonchev–Trinajstić information content (AvgIpc) is 2.31. The Kier molecular flexibility index (Phi) is 6.95. The van der Waals surface area contributed by atoms with Crippen LogP contribution in [-0.4, -0.2) is 21.2 Å². The second-order valence-electron chi connectivity index (χ2n) is 2.42. The molecule has 0 bridgehead atoms. The highest BCUT2D eigenvalue weighted by Gasteiger charge is 1.98. The predicted molar refractivity (Wildman–Crippen MR) is 74.1 cm³/mol. The van der Waals surface area contributed by atoms with Gasteiger partial charge in [0.25, 0.3) is 0 Å². The minimum Gasteiger partial charge on any atom is -0.309 e. The van der Waals surface area contributed by atoms with Crippen LogP contribution in [0.4, 0.5) is 0 Å². The molecule has 4 nitrogen and oxygen atoms in total. The molecule has 0 spiro atoms. The van der Waals surface area contributed by atoms with E-state index in [0.717, 1.165) is 10.2 Å². The molecule has 7 heteroatoms. The lowest BCUT2D eigenvalue weighted by molar-refractivity contribution is 0.973. The van der Waals surface area contributed by atoms with E-state index in [0.29, 0.717) is 0 Å². The predicted octanol–water partition coefficient (Wildman–Crippen LogP) is 3.45. The summed E-state index contributed by atoms with van der Waals surface area (Å²) in [6.45, 7) is 1.92. The zero-order chi connectivity index (χ0) is 11.6. The SMILES string of the molecule is CC(=N/C=C\C=N)SSSc1ncccn1. The number of aliphatic imine (C=N–C) groups is 1. The van der Waals surface area contributed by atoms with Crippen LogP contribution in [0.5, 0.6) is 0 Å². The first-order valence-corrected chi connectivity index (χ1v) is 7.79. The van der Waals surface area contributed by atoms with E-state index in [1.54, 1.807) is 51.4 Å². The van der Waals surface area contributed by atoms with Gasteiger partial charge in [-0.25, -0.2) is 9.97 Å². The van der Waals surface area contributed by atoms with Crippen LogP contribution < -0.4 is 0 Å². The van der Waals surface area contributed by atoms with Gasteiger partial charge in [-0.3, -0.25) is 4.99 Å². The maximum Gasteiger partial charge on any atom is 0.199 e. The summed E-state index contributed by atoms with van der Waals surface area (Å²) in [5, 5.41) is 8.45. The number of allylic oxidation sites excluding steroid dienone is 1. The summed E-state index contributed by atoms with van der Waals surface area (Å²) in [5.41, 5.74) is 0. The number of nitrogens with one attached hydrogen (secondary N) is 1.